The van der Waals surface area contributed by atoms with Gasteiger partial charge in [-0.05, 0) is 62.7 Å². The van der Waals surface area contributed by atoms with Gasteiger partial charge in [-0.2, -0.15) is 5.26 Å². The van der Waals surface area contributed by atoms with Crippen LogP contribution in [0.15, 0.2) is 77.7 Å². The number of nitrogens with zero attached hydrogens (tertiary/aromatic N) is 1. The van der Waals surface area contributed by atoms with Gasteiger partial charge in [-0.1, -0.05) is 36.4 Å². The second-order valence-electron chi connectivity index (χ2n) is 8.85. The predicted molar refractivity (Wildman–Crippen MR) is 134 cm³/mol. The minimum atomic E-state index is -3.75. The van der Waals surface area contributed by atoms with Crippen LogP contribution in [0.4, 0.5) is 5.69 Å². The van der Waals surface area contributed by atoms with Crippen LogP contribution in [0.25, 0.3) is 11.1 Å². The van der Waals surface area contributed by atoms with Crippen LogP contribution < -0.4 is 15.4 Å². The first-order valence-electron chi connectivity index (χ1n) is 10.8. The summed E-state index contributed by atoms with van der Waals surface area (Å²) in [6.07, 6.45) is 0. The maximum atomic E-state index is 12.9. The molecule has 3 rings (SSSR count). The highest BCUT2D eigenvalue weighted by molar-refractivity contribution is 7.89. The van der Waals surface area contributed by atoms with E-state index < -0.39 is 27.4 Å². The van der Waals surface area contributed by atoms with Gasteiger partial charge in [-0.3, -0.25) is 9.59 Å². The minimum Gasteiger partial charge on any atom is -0.343 e. The molecule has 0 aliphatic heterocycles. The Balaban J connectivity index is 1.67. The van der Waals surface area contributed by atoms with E-state index in [9.17, 15) is 18.0 Å². The second-order valence-corrected chi connectivity index (χ2v) is 10.5. The van der Waals surface area contributed by atoms with Crippen LogP contribution in [0, 0.1) is 11.3 Å². The molecule has 0 radical (unpaired) electrons. The molecule has 9 heteroatoms. The zero-order valence-corrected chi connectivity index (χ0v) is 20.4. The molecule has 0 saturated heterocycles. The fraction of sp³-hybridized carbons (Fsp3) is 0.192. The van der Waals surface area contributed by atoms with E-state index in [1.165, 1.54) is 6.07 Å². The molecule has 3 aromatic carbocycles. The molecular formula is C26H26N4O4S. The number of hydrogen-bond donors (Lipinski definition) is 3. The Morgan fingerprint density at radius 2 is 1.63 bits per heavy atom. The third-order valence-corrected chi connectivity index (χ3v) is 6.58. The van der Waals surface area contributed by atoms with Gasteiger partial charge >= 0.3 is 0 Å². The van der Waals surface area contributed by atoms with Crippen molar-refractivity contribution in [2.24, 2.45) is 0 Å². The molecule has 0 aliphatic carbocycles. The van der Waals surface area contributed by atoms with Crippen molar-refractivity contribution in [3.05, 3.63) is 83.9 Å². The number of benzene rings is 3. The van der Waals surface area contributed by atoms with Crippen molar-refractivity contribution in [2.45, 2.75) is 31.2 Å². The predicted octanol–water partition coefficient (Wildman–Crippen LogP) is 3.67. The number of anilines is 1. The molecule has 8 nitrogen and oxygen atoms in total. The Morgan fingerprint density at radius 3 is 2.29 bits per heavy atom. The second kappa shape index (κ2) is 10.5. The van der Waals surface area contributed by atoms with Gasteiger partial charge in [0.1, 0.15) is 0 Å². The van der Waals surface area contributed by atoms with Crippen LogP contribution in [-0.2, 0) is 14.8 Å². The van der Waals surface area contributed by atoms with Crippen LogP contribution in [0.2, 0.25) is 0 Å². The van der Waals surface area contributed by atoms with Crippen molar-refractivity contribution in [1.82, 2.24) is 10.0 Å². The van der Waals surface area contributed by atoms with Crippen molar-refractivity contribution < 1.29 is 18.0 Å². The summed E-state index contributed by atoms with van der Waals surface area (Å²) in [6, 6.07) is 21.6. The van der Waals surface area contributed by atoms with E-state index in [2.05, 4.69) is 15.4 Å². The lowest BCUT2D eigenvalue weighted by molar-refractivity contribution is -0.115. The molecule has 0 bridgehead atoms. The third kappa shape index (κ3) is 6.99. The fourth-order valence-electron chi connectivity index (χ4n) is 3.33. The zero-order chi connectivity index (χ0) is 25.6. The summed E-state index contributed by atoms with van der Waals surface area (Å²) in [5.41, 5.74) is 1.71. The highest BCUT2D eigenvalue weighted by Gasteiger charge is 2.24. The topological polar surface area (TPSA) is 128 Å². The molecule has 0 spiro atoms. The van der Waals surface area contributed by atoms with E-state index in [-0.39, 0.29) is 17.0 Å². The summed E-state index contributed by atoms with van der Waals surface area (Å²) in [5, 5.41) is 14.1. The molecule has 0 atom stereocenters. The lowest BCUT2D eigenvalue weighted by Gasteiger charge is -2.21. The Hall–Kier alpha value is -4.00. The first-order chi connectivity index (χ1) is 16.5. The number of sulfonamides is 1. The van der Waals surface area contributed by atoms with Crippen LogP contribution in [-0.4, -0.2) is 32.3 Å². The zero-order valence-electron chi connectivity index (χ0n) is 19.6. The third-order valence-electron chi connectivity index (χ3n) is 4.76. The highest BCUT2D eigenvalue weighted by Crippen LogP contribution is 2.29. The smallest absolute Gasteiger partial charge is 0.251 e. The molecular weight excluding hydrogens is 464 g/mol. The highest BCUT2D eigenvalue weighted by atomic mass is 32.2. The number of hydrogen-bond acceptors (Lipinski definition) is 5. The molecule has 35 heavy (non-hydrogen) atoms. The maximum Gasteiger partial charge on any atom is 0.251 e. The first-order valence-corrected chi connectivity index (χ1v) is 12.3. The molecule has 0 fully saturated rings. The van der Waals surface area contributed by atoms with Gasteiger partial charge in [0.2, 0.25) is 15.9 Å². The summed E-state index contributed by atoms with van der Waals surface area (Å²) < 4.78 is 28.5. The number of rotatable bonds is 7. The maximum absolute atomic E-state index is 12.9. The van der Waals surface area contributed by atoms with Crippen LogP contribution in [0.5, 0.6) is 0 Å². The number of amides is 2. The Bertz CT molecular complexity index is 1390. The summed E-state index contributed by atoms with van der Waals surface area (Å²) in [5.74, 6) is -0.894. The van der Waals surface area contributed by atoms with Gasteiger partial charge in [0.05, 0.1) is 23.1 Å². The van der Waals surface area contributed by atoms with Crippen molar-refractivity contribution in [1.29, 1.82) is 5.26 Å². The van der Waals surface area contributed by atoms with E-state index in [4.69, 9.17) is 5.26 Å². The van der Waals surface area contributed by atoms with Gasteiger partial charge in [-0.15, -0.1) is 0 Å². The molecule has 0 aliphatic rings. The standard InChI is InChI=1S/C26H26N4O4S/c1-26(2,3)30-35(33,34)23-10-5-4-9-22(23)19-11-13-21(14-12-19)29-24(31)17-28-25(32)20-8-6-7-18(15-20)16-27/h4-15,30H,17H2,1-3H3,(H,28,32)(H,29,31). The van der Waals surface area contributed by atoms with Gasteiger partial charge in [-0.25, -0.2) is 13.1 Å². The van der Waals surface area contributed by atoms with E-state index >= 15 is 0 Å². The van der Waals surface area contributed by atoms with E-state index in [1.54, 1.807) is 87.5 Å². The number of nitrogens with one attached hydrogen (secondary N) is 3. The largest absolute Gasteiger partial charge is 0.343 e. The van der Waals surface area contributed by atoms with Gasteiger partial charge in [0.15, 0.2) is 0 Å². The van der Waals surface area contributed by atoms with Crippen LogP contribution in [0.3, 0.4) is 0 Å². The summed E-state index contributed by atoms with van der Waals surface area (Å²) in [4.78, 5) is 24.7. The van der Waals surface area contributed by atoms with Crippen molar-refractivity contribution in [2.75, 3.05) is 11.9 Å². The Morgan fingerprint density at radius 1 is 0.943 bits per heavy atom. The van der Waals surface area contributed by atoms with E-state index in [1.807, 2.05) is 6.07 Å². The van der Waals surface area contributed by atoms with E-state index in [0.717, 1.165) is 0 Å². The lowest BCUT2D eigenvalue weighted by Crippen LogP contribution is -2.40. The van der Waals surface area contributed by atoms with Crippen molar-refractivity contribution >= 4 is 27.5 Å². The lowest BCUT2D eigenvalue weighted by atomic mass is 10.1. The molecule has 2 amide bonds. The van der Waals surface area contributed by atoms with Gasteiger partial charge in [0, 0.05) is 22.4 Å². The average Bonchev–Trinajstić information content (AvgIpc) is 2.81. The number of carbonyl (C=O) groups is 2. The average molecular weight is 491 g/mol. The fourth-order valence-corrected chi connectivity index (χ4v) is 4.98. The molecule has 3 aromatic rings. The molecule has 3 N–H and O–H groups in total. The minimum absolute atomic E-state index is 0.162. The van der Waals surface area contributed by atoms with Crippen molar-refractivity contribution in [3.63, 3.8) is 0 Å². The molecule has 0 saturated carbocycles. The summed E-state index contributed by atoms with van der Waals surface area (Å²) >= 11 is 0. The Labute approximate surface area is 205 Å². The molecule has 0 unspecified atom stereocenters. The molecule has 180 valence electrons. The number of nitriles is 1. The Kier molecular flexibility index (Phi) is 7.69. The SMILES string of the molecule is CC(C)(C)NS(=O)(=O)c1ccccc1-c1ccc(NC(=O)CNC(=O)c2cccc(C#N)c2)cc1. The first kappa shape index (κ1) is 25.6. The van der Waals surface area contributed by atoms with E-state index in [0.29, 0.717) is 22.4 Å². The van der Waals surface area contributed by atoms with Crippen molar-refractivity contribution in [3.8, 4) is 17.2 Å². The summed E-state index contributed by atoms with van der Waals surface area (Å²) in [7, 11) is -3.75. The van der Waals surface area contributed by atoms with Gasteiger partial charge in [0.25, 0.3) is 5.91 Å². The number of carbonyl (C=O) groups excluding carboxylic acids is 2. The monoisotopic (exact) mass is 490 g/mol. The van der Waals surface area contributed by atoms with Crippen LogP contribution >= 0.6 is 0 Å². The van der Waals surface area contributed by atoms with Crippen LogP contribution in [0.1, 0.15) is 36.7 Å². The molecule has 0 heterocycles. The normalized spacial score (nSPS) is 11.4. The molecule has 0 aromatic heterocycles. The summed E-state index contributed by atoms with van der Waals surface area (Å²) in [6.45, 7) is 5.07. The van der Waals surface area contributed by atoms with Gasteiger partial charge < -0.3 is 10.6 Å². The quantitative estimate of drug-likeness (QED) is 0.466.